The number of alkyl halides is 1. The molecule has 2 aromatic rings. The van der Waals surface area contributed by atoms with Crippen molar-refractivity contribution in [3.05, 3.63) is 65.2 Å². The lowest BCUT2D eigenvalue weighted by Gasteiger charge is -2.18. The van der Waals surface area contributed by atoms with Crippen molar-refractivity contribution in [3.63, 3.8) is 0 Å². The molecule has 25 heavy (non-hydrogen) atoms. The fourth-order valence-corrected chi connectivity index (χ4v) is 2.81. The van der Waals surface area contributed by atoms with Crippen LogP contribution in [0.25, 0.3) is 0 Å². The largest absolute Gasteiger partial charge is 0.492 e. The number of hydrogen-bond acceptors (Lipinski definition) is 2. The first-order valence-electron chi connectivity index (χ1n) is 8.78. The molecule has 0 heterocycles. The van der Waals surface area contributed by atoms with E-state index >= 15 is 0 Å². The summed E-state index contributed by atoms with van der Waals surface area (Å²) in [6.07, 6.45) is 0.784. The van der Waals surface area contributed by atoms with Crippen LogP contribution >= 0.6 is 15.9 Å². The lowest BCUT2D eigenvalue weighted by molar-refractivity contribution is 0.0773. The van der Waals surface area contributed by atoms with Gasteiger partial charge in [0, 0.05) is 29.9 Å². The van der Waals surface area contributed by atoms with Crippen molar-refractivity contribution in [2.75, 3.05) is 19.7 Å². The maximum atomic E-state index is 12.4. The summed E-state index contributed by atoms with van der Waals surface area (Å²) in [5.74, 6) is 1.00. The van der Waals surface area contributed by atoms with Gasteiger partial charge in [0.15, 0.2) is 0 Å². The van der Waals surface area contributed by atoms with Gasteiger partial charge in [-0.25, -0.2) is 0 Å². The van der Waals surface area contributed by atoms with Crippen LogP contribution in [0.4, 0.5) is 0 Å². The zero-order chi connectivity index (χ0) is 18.2. The minimum Gasteiger partial charge on any atom is -0.492 e. The Bertz CT molecular complexity index is 679. The van der Waals surface area contributed by atoms with E-state index in [1.165, 1.54) is 5.56 Å². The van der Waals surface area contributed by atoms with Crippen LogP contribution in [0, 0.1) is 0 Å². The van der Waals surface area contributed by atoms with Crippen molar-refractivity contribution in [2.45, 2.75) is 32.0 Å². The number of benzene rings is 2. The SMILES string of the molecule is CCN(CC)C(=O)c1ccc(Cc2ccccc2OCC(C)Br)cc1. The second-order valence-electron chi connectivity index (χ2n) is 6.05. The molecule has 134 valence electrons. The summed E-state index contributed by atoms with van der Waals surface area (Å²) in [7, 11) is 0. The second kappa shape index (κ2) is 9.62. The Labute approximate surface area is 159 Å². The Hall–Kier alpha value is -1.81. The highest BCUT2D eigenvalue weighted by Gasteiger charge is 2.12. The quantitative estimate of drug-likeness (QED) is 0.585. The summed E-state index contributed by atoms with van der Waals surface area (Å²) in [5, 5.41) is 0. The molecule has 0 spiro atoms. The van der Waals surface area contributed by atoms with Crippen LogP contribution in [0.15, 0.2) is 48.5 Å². The van der Waals surface area contributed by atoms with Gasteiger partial charge in [0.25, 0.3) is 5.91 Å². The molecule has 0 bridgehead atoms. The van der Waals surface area contributed by atoms with Crippen molar-refractivity contribution in [2.24, 2.45) is 0 Å². The fourth-order valence-electron chi connectivity index (χ4n) is 2.67. The van der Waals surface area contributed by atoms with E-state index in [1.54, 1.807) is 0 Å². The topological polar surface area (TPSA) is 29.5 Å². The number of nitrogens with zero attached hydrogens (tertiary/aromatic N) is 1. The molecule has 0 fully saturated rings. The Balaban J connectivity index is 2.10. The molecule has 4 heteroatoms. The molecule has 0 saturated carbocycles. The first-order chi connectivity index (χ1) is 12.0. The summed E-state index contributed by atoms with van der Waals surface area (Å²) in [6.45, 7) is 8.16. The first-order valence-corrected chi connectivity index (χ1v) is 9.69. The first kappa shape index (κ1) is 19.5. The molecule has 0 N–H and O–H groups in total. The smallest absolute Gasteiger partial charge is 0.253 e. The molecule has 0 aliphatic heterocycles. The van der Waals surface area contributed by atoms with Crippen LogP contribution in [-0.4, -0.2) is 35.3 Å². The third-order valence-electron chi connectivity index (χ3n) is 4.09. The number of carbonyl (C=O) groups is 1. The Morgan fingerprint density at radius 1 is 1.08 bits per heavy atom. The van der Waals surface area contributed by atoms with Crippen molar-refractivity contribution in [1.29, 1.82) is 0 Å². The Morgan fingerprint density at radius 3 is 2.32 bits per heavy atom. The predicted molar refractivity (Wildman–Crippen MR) is 107 cm³/mol. The third kappa shape index (κ3) is 5.60. The number of amides is 1. The van der Waals surface area contributed by atoms with E-state index in [4.69, 9.17) is 4.74 Å². The second-order valence-corrected chi connectivity index (χ2v) is 7.61. The fraction of sp³-hybridized carbons (Fsp3) is 0.381. The molecule has 1 amide bonds. The molecule has 0 radical (unpaired) electrons. The molecule has 1 unspecified atom stereocenters. The van der Waals surface area contributed by atoms with Crippen molar-refractivity contribution in [3.8, 4) is 5.75 Å². The highest BCUT2D eigenvalue weighted by molar-refractivity contribution is 9.09. The van der Waals surface area contributed by atoms with Crippen molar-refractivity contribution < 1.29 is 9.53 Å². The molecule has 0 saturated heterocycles. The van der Waals surface area contributed by atoms with Gasteiger partial charge in [-0.15, -0.1) is 0 Å². The average molecular weight is 404 g/mol. The predicted octanol–water partition coefficient (Wildman–Crippen LogP) is 4.92. The van der Waals surface area contributed by atoms with Crippen LogP contribution in [-0.2, 0) is 6.42 Å². The molecule has 1 atom stereocenters. The monoisotopic (exact) mass is 403 g/mol. The van der Waals surface area contributed by atoms with E-state index in [0.717, 1.165) is 36.4 Å². The van der Waals surface area contributed by atoms with Crippen LogP contribution in [0.1, 0.15) is 42.3 Å². The minimum absolute atomic E-state index is 0.0894. The van der Waals surface area contributed by atoms with Crippen LogP contribution in [0.3, 0.4) is 0 Å². The van der Waals surface area contributed by atoms with Gasteiger partial charge in [-0.1, -0.05) is 46.3 Å². The van der Waals surface area contributed by atoms with Crippen molar-refractivity contribution >= 4 is 21.8 Å². The van der Waals surface area contributed by atoms with Crippen LogP contribution in [0.5, 0.6) is 5.75 Å². The molecule has 0 aromatic heterocycles. The number of para-hydroxylation sites is 1. The highest BCUT2D eigenvalue weighted by Crippen LogP contribution is 2.22. The third-order valence-corrected chi connectivity index (χ3v) is 4.35. The molecule has 2 rings (SSSR count). The molecule has 3 nitrogen and oxygen atoms in total. The van der Waals surface area contributed by atoms with Crippen LogP contribution in [0.2, 0.25) is 0 Å². The summed E-state index contributed by atoms with van der Waals surface area (Å²) in [6, 6.07) is 16.0. The number of hydrogen-bond donors (Lipinski definition) is 0. The minimum atomic E-state index is 0.0894. The van der Waals surface area contributed by atoms with E-state index in [0.29, 0.717) is 11.4 Å². The lowest BCUT2D eigenvalue weighted by Crippen LogP contribution is -2.30. The Kier molecular flexibility index (Phi) is 7.51. The number of carbonyl (C=O) groups excluding carboxylic acids is 1. The van der Waals surface area contributed by atoms with Gasteiger partial charge < -0.3 is 9.64 Å². The van der Waals surface area contributed by atoms with Gasteiger partial charge in [0.05, 0.1) is 0 Å². The standard InChI is InChI=1S/C21H26BrNO2/c1-4-23(5-2)21(24)18-12-10-17(11-13-18)14-19-8-6-7-9-20(19)25-15-16(3)22/h6-13,16H,4-5,14-15H2,1-3H3. The molecule has 0 aliphatic rings. The maximum absolute atomic E-state index is 12.4. The average Bonchev–Trinajstić information content (AvgIpc) is 2.62. The van der Waals surface area contributed by atoms with Crippen LogP contribution < -0.4 is 4.74 Å². The summed E-state index contributed by atoms with van der Waals surface area (Å²) in [4.78, 5) is 14.5. The Morgan fingerprint density at radius 2 is 1.72 bits per heavy atom. The molecular formula is C21H26BrNO2. The molecule has 2 aromatic carbocycles. The zero-order valence-corrected chi connectivity index (χ0v) is 16.8. The maximum Gasteiger partial charge on any atom is 0.253 e. The zero-order valence-electron chi connectivity index (χ0n) is 15.2. The summed E-state index contributed by atoms with van der Waals surface area (Å²) >= 11 is 3.51. The lowest BCUT2D eigenvalue weighted by atomic mass is 10.0. The van der Waals surface area contributed by atoms with E-state index < -0.39 is 0 Å². The van der Waals surface area contributed by atoms with E-state index in [-0.39, 0.29) is 5.91 Å². The normalized spacial score (nSPS) is 11.8. The van der Waals surface area contributed by atoms with Gasteiger partial charge in [-0.2, -0.15) is 0 Å². The van der Waals surface area contributed by atoms with E-state index in [1.807, 2.05) is 61.2 Å². The highest BCUT2D eigenvalue weighted by atomic mass is 79.9. The van der Waals surface area contributed by atoms with Gasteiger partial charge in [-0.05, 0) is 50.1 Å². The van der Waals surface area contributed by atoms with Gasteiger partial charge >= 0.3 is 0 Å². The number of halogens is 1. The van der Waals surface area contributed by atoms with E-state index in [9.17, 15) is 4.79 Å². The summed E-state index contributed by atoms with van der Waals surface area (Å²) in [5.41, 5.74) is 3.06. The molecule has 0 aliphatic carbocycles. The van der Waals surface area contributed by atoms with Gasteiger partial charge in [0.2, 0.25) is 0 Å². The van der Waals surface area contributed by atoms with Gasteiger partial charge in [-0.3, -0.25) is 4.79 Å². The number of ether oxygens (including phenoxy) is 1. The molecular weight excluding hydrogens is 378 g/mol. The van der Waals surface area contributed by atoms with E-state index in [2.05, 4.69) is 28.9 Å². The number of rotatable bonds is 8. The van der Waals surface area contributed by atoms with Crippen molar-refractivity contribution in [1.82, 2.24) is 4.90 Å². The summed E-state index contributed by atoms with van der Waals surface area (Å²) < 4.78 is 5.89. The van der Waals surface area contributed by atoms with Gasteiger partial charge in [0.1, 0.15) is 12.4 Å².